The molecule has 0 atom stereocenters. The fraction of sp³-hybridized carbons (Fsp3) is 0.417. The number of rotatable bonds is 0. The normalized spacial score (nSPS) is 14.9. The maximum Gasteiger partial charge on any atom is 0.421 e. The van der Waals surface area contributed by atoms with Gasteiger partial charge < -0.3 is 15.4 Å². The zero-order chi connectivity index (χ0) is 15.7. The molecule has 1 aliphatic heterocycles. The molecule has 0 saturated carbocycles. The van der Waals surface area contributed by atoms with Gasteiger partial charge in [0.1, 0.15) is 17.1 Å². The third kappa shape index (κ3) is 2.76. The van der Waals surface area contributed by atoms with Crippen LogP contribution < -0.4 is 15.4 Å². The first-order valence-electron chi connectivity index (χ1n) is 6.58. The Balaban J connectivity index is 2.03. The lowest BCUT2D eigenvalue weighted by molar-refractivity contribution is -0.137. The lowest BCUT2D eigenvalue weighted by Crippen LogP contribution is -2.15. The van der Waals surface area contributed by atoms with Crippen molar-refractivity contribution in [3.63, 3.8) is 0 Å². The minimum atomic E-state index is -4.52. The summed E-state index contributed by atoms with van der Waals surface area (Å²) in [7, 11) is 0. The molecule has 2 bridgehead atoms. The molecule has 3 rings (SSSR count). The number of fused-ring (bicyclic) bond motifs is 3. The lowest BCUT2D eigenvalue weighted by Gasteiger charge is -2.13. The smallest absolute Gasteiger partial charge is 0.421 e. The molecule has 7 nitrogen and oxygen atoms in total. The van der Waals surface area contributed by atoms with Gasteiger partial charge in [0, 0.05) is 12.7 Å². The van der Waals surface area contributed by atoms with Crippen molar-refractivity contribution in [1.82, 2.24) is 20.2 Å². The van der Waals surface area contributed by atoms with Crippen LogP contribution in [0.25, 0.3) is 0 Å². The molecule has 0 radical (unpaired) electrons. The van der Waals surface area contributed by atoms with Gasteiger partial charge in [-0.2, -0.15) is 18.2 Å². The van der Waals surface area contributed by atoms with E-state index in [9.17, 15) is 13.2 Å². The van der Waals surface area contributed by atoms with Crippen LogP contribution in [-0.2, 0) is 6.18 Å². The fourth-order valence-electron chi connectivity index (χ4n) is 2.00. The van der Waals surface area contributed by atoms with Crippen molar-refractivity contribution in [3.05, 3.63) is 17.5 Å². The molecule has 3 N–H and O–H groups in total. The monoisotopic (exact) mass is 314 g/mol. The molecule has 0 unspecified atom stereocenters. The molecule has 0 fully saturated rings. The van der Waals surface area contributed by atoms with Crippen LogP contribution in [0.1, 0.15) is 17.7 Å². The van der Waals surface area contributed by atoms with Crippen molar-refractivity contribution < 1.29 is 17.9 Å². The highest BCUT2D eigenvalue weighted by Gasteiger charge is 2.35. The topological polar surface area (TPSA) is 87.8 Å². The van der Waals surface area contributed by atoms with E-state index in [-0.39, 0.29) is 18.3 Å². The van der Waals surface area contributed by atoms with Gasteiger partial charge in [0.05, 0.1) is 12.3 Å². The molecular weight excluding hydrogens is 301 g/mol. The summed E-state index contributed by atoms with van der Waals surface area (Å²) >= 11 is 0. The van der Waals surface area contributed by atoms with Crippen molar-refractivity contribution in [2.24, 2.45) is 0 Å². The molecule has 1 aliphatic rings. The summed E-state index contributed by atoms with van der Waals surface area (Å²) in [6.07, 6.45) is -3.26. The molecule has 0 aromatic carbocycles. The Morgan fingerprint density at radius 3 is 2.91 bits per heavy atom. The van der Waals surface area contributed by atoms with Gasteiger partial charge >= 0.3 is 6.18 Å². The molecule has 10 heteroatoms. The first kappa shape index (κ1) is 14.4. The maximum absolute atomic E-state index is 13.0. The van der Waals surface area contributed by atoms with Crippen LogP contribution in [0.5, 0.6) is 5.88 Å². The Kier molecular flexibility index (Phi) is 3.51. The number of nitrogens with zero attached hydrogens (tertiary/aromatic N) is 3. The second kappa shape index (κ2) is 5.35. The van der Waals surface area contributed by atoms with E-state index in [1.807, 2.05) is 0 Å². The van der Waals surface area contributed by atoms with Crippen molar-refractivity contribution >= 4 is 17.5 Å². The molecular formula is C12H13F3N6O. The standard InChI is InChI=1S/C12H13F3N6O/c1-6-8-10(21-20-6)22-4-2-3-16-9-7(12(13,14)15)5-17-11(18-8)19-9/h5H,2-4H2,1H3,(H,20,21)(H2,16,17,18,19). The van der Waals surface area contributed by atoms with E-state index in [2.05, 4.69) is 30.8 Å². The Bertz CT molecular complexity index is 684. The molecule has 3 heterocycles. The van der Waals surface area contributed by atoms with Gasteiger partial charge in [0.15, 0.2) is 0 Å². The van der Waals surface area contributed by atoms with Crippen LogP contribution in [0.2, 0.25) is 0 Å². The summed E-state index contributed by atoms with van der Waals surface area (Å²) in [6.45, 7) is 2.36. The summed E-state index contributed by atoms with van der Waals surface area (Å²) in [5.41, 5.74) is 0.280. The minimum Gasteiger partial charge on any atom is -0.475 e. The molecule has 0 spiro atoms. The van der Waals surface area contributed by atoms with Crippen molar-refractivity contribution in [2.45, 2.75) is 19.5 Å². The number of aromatic amines is 1. The van der Waals surface area contributed by atoms with Crippen LogP contribution in [0.3, 0.4) is 0 Å². The maximum atomic E-state index is 13.0. The highest BCUT2D eigenvalue weighted by atomic mass is 19.4. The fourth-order valence-corrected chi connectivity index (χ4v) is 2.00. The van der Waals surface area contributed by atoms with Gasteiger partial charge in [-0.05, 0) is 13.3 Å². The second-order valence-electron chi connectivity index (χ2n) is 4.74. The Labute approximate surface area is 123 Å². The number of anilines is 3. The number of alkyl halides is 3. The molecule has 0 amide bonds. The number of ether oxygens (including phenoxy) is 1. The SMILES string of the molecule is Cc1[nH]nc2c1Nc1ncc(C(F)(F)F)c(n1)NCCCO2. The first-order chi connectivity index (χ1) is 10.4. The number of aryl methyl sites for hydroxylation is 1. The van der Waals surface area contributed by atoms with Gasteiger partial charge in [-0.15, -0.1) is 5.10 Å². The first-order valence-corrected chi connectivity index (χ1v) is 6.58. The van der Waals surface area contributed by atoms with E-state index < -0.39 is 11.7 Å². The third-order valence-electron chi connectivity index (χ3n) is 3.10. The second-order valence-corrected chi connectivity index (χ2v) is 4.74. The summed E-state index contributed by atoms with van der Waals surface area (Å²) in [5.74, 6) is 0.116. The van der Waals surface area contributed by atoms with E-state index in [0.29, 0.717) is 30.3 Å². The predicted molar refractivity (Wildman–Crippen MR) is 72.2 cm³/mol. The molecule has 22 heavy (non-hydrogen) atoms. The third-order valence-corrected chi connectivity index (χ3v) is 3.10. The molecule has 0 aliphatic carbocycles. The van der Waals surface area contributed by atoms with Crippen molar-refractivity contribution in [1.29, 1.82) is 0 Å². The van der Waals surface area contributed by atoms with E-state index in [4.69, 9.17) is 4.74 Å². The quantitative estimate of drug-likeness (QED) is 0.692. The molecule has 0 saturated heterocycles. The predicted octanol–water partition coefficient (Wildman–Crippen LogP) is 2.46. The van der Waals surface area contributed by atoms with Crippen molar-refractivity contribution in [3.8, 4) is 5.88 Å². The van der Waals surface area contributed by atoms with E-state index in [1.54, 1.807) is 6.92 Å². The number of hydrogen-bond acceptors (Lipinski definition) is 6. The number of halogens is 3. The highest BCUT2D eigenvalue weighted by Crippen LogP contribution is 2.35. The van der Waals surface area contributed by atoms with Gasteiger partial charge in [0.2, 0.25) is 5.95 Å². The molecule has 118 valence electrons. The number of nitrogens with one attached hydrogen (secondary N) is 3. The van der Waals surface area contributed by atoms with E-state index in [1.165, 1.54) is 0 Å². The van der Waals surface area contributed by atoms with Gasteiger partial charge in [0.25, 0.3) is 5.88 Å². The Morgan fingerprint density at radius 1 is 1.32 bits per heavy atom. The van der Waals surface area contributed by atoms with Crippen LogP contribution in [-0.4, -0.2) is 33.3 Å². The number of H-pyrrole nitrogens is 1. The largest absolute Gasteiger partial charge is 0.475 e. The summed E-state index contributed by atoms with van der Waals surface area (Å²) in [4.78, 5) is 7.63. The summed E-state index contributed by atoms with van der Waals surface area (Å²) < 4.78 is 44.4. The Morgan fingerprint density at radius 2 is 2.14 bits per heavy atom. The average Bonchev–Trinajstić information content (AvgIpc) is 2.77. The van der Waals surface area contributed by atoms with Crippen LogP contribution in [0, 0.1) is 6.92 Å². The van der Waals surface area contributed by atoms with Crippen LogP contribution in [0.4, 0.5) is 30.6 Å². The minimum absolute atomic E-state index is 0.0340. The summed E-state index contributed by atoms with van der Waals surface area (Å²) in [6, 6.07) is 0. The highest BCUT2D eigenvalue weighted by molar-refractivity contribution is 5.64. The van der Waals surface area contributed by atoms with Crippen LogP contribution >= 0.6 is 0 Å². The van der Waals surface area contributed by atoms with E-state index >= 15 is 0 Å². The Hall–Kier alpha value is -2.52. The zero-order valence-corrected chi connectivity index (χ0v) is 11.6. The zero-order valence-electron chi connectivity index (χ0n) is 11.6. The van der Waals surface area contributed by atoms with Crippen molar-refractivity contribution in [2.75, 3.05) is 23.8 Å². The van der Waals surface area contributed by atoms with E-state index in [0.717, 1.165) is 6.20 Å². The average molecular weight is 314 g/mol. The van der Waals surface area contributed by atoms with Crippen LogP contribution in [0.15, 0.2) is 6.20 Å². The van der Waals surface area contributed by atoms with Gasteiger partial charge in [-0.3, -0.25) is 5.10 Å². The van der Waals surface area contributed by atoms with Gasteiger partial charge in [-0.1, -0.05) is 0 Å². The number of hydrogen-bond donors (Lipinski definition) is 3. The lowest BCUT2D eigenvalue weighted by atomic mass is 10.3. The molecule has 2 aromatic heterocycles. The summed E-state index contributed by atoms with van der Waals surface area (Å²) in [5, 5.41) is 12.2. The van der Waals surface area contributed by atoms with Gasteiger partial charge in [-0.25, -0.2) is 4.98 Å². The molecule has 2 aromatic rings. The number of aromatic nitrogens is 4.